The molecule has 168 valence electrons. The molecule has 3 heterocycles. The highest BCUT2D eigenvalue weighted by Gasteiger charge is 2.27. The van der Waals surface area contributed by atoms with Crippen molar-refractivity contribution in [2.24, 2.45) is 0 Å². The number of carbonyl (C=O) groups is 1. The molecule has 0 atom stereocenters. The summed E-state index contributed by atoms with van der Waals surface area (Å²) in [6.45, 7) is 8.29. The number of hydrogen-bond acceptors (Lipinski definition) is 10. The first kappa shape index (κ1) is 22.3. The highest BCUT2D eigenvalue weighted by atomic mass is 16.6. The second-order valence-electron chi connectivity index (χ2n) is 7.71. The molecule has 3 rings (SSSR count). The van der Waals surface area contributed by atoms with Gasteiger partial charge in [0.05, 0.1) is 7.11 Å². The molecule has 0 bridgehead atoms. The number of anilines is 1. The number of hydrogen-bond donors (Lipinski definition) is 0. The summed E-state index contributed by atoms with van der Waals surface area (Å²) < 4.78 is 21.9. The van der Waals surface area contributed by atoms with E-state index in [0.29, 0.717) is 49.6 Å². The molecule has 11 heteroatoms. The fourth-order valence-electron chi connectivity index (χ4n) is 2.89. The van der Waals surface area contributed by atoms with Gasteiger partial charge in [0.25, 0.3) is 17.6 Å². The Kier molecular flexibility index (Phi) is 7.27. The molecule has 0 aliphatic carbocycles. The first-order valence-electron chi connectivity index (χ1n) is 10.0. The zero-order valence-electron chi connectivity index (χ0n) is 18.3. The molecule has 1 saturated heterocycles. The Bertz CT molecular complexity index is 867. The van der Waals surface area contributed by atoms with E-state index < -0.39 is 5.60 Å². The van der Waals surface area contributed by atoms with E-state index in [1.807, 2.05) is 25.7 Å². The second kappa shape index (κ2) is 10.1. The first-order valence-corrected chi connectivity index (χ1v) is 10.0. The number of carbonyl (C=O) groups excluding carboxylic acids is 1. The van der Waals surface area contributed by atoms with Crippen LogP contribution in [0.15, 0.2) is 24.8 Å². The fraction of sp³-hybridized carbons (Fsp3) is 0.550. The Balaban J connectivity index is 1.52. The van der Waals surface area contributed by atoms with E-state index >= 15 is 0 Å². The Hall–Kier alpha value is -3.37. The standard InChI is InChI=1S/C20H28N6O5/c1-20(2,3)31-19(27)26-11-9-25(10-12-26)15-16(22-6-5-21-15)29-13-14-30-18-17(28-4)23-7-8-24-18/h5-8H,9-14H2,1-4H3. The van der Waals surface area contributed by atoms with Crippen molar-refractivity contribution in [1.29, 1.82) is 0 Å². The summed E-state index contributed by atoms with van der Waals surface area (Å²) in [5, 5.41) is 0. The van der Waals surface area contributed by atoms with Crippen molar-refractivity contribution in [3.05, 3.63) is 24.8 Å². The molecule has 0 N–H and O–H groups in total. The third-order valence-electron chi connectivity index (χ3n) is 4.26. The first-order chi connectivity index (χ1) is 14.9. The van der Waals surface area contributed by atoms with Crippen molar-refractivity contribution in [2.45, 2.75) is 26.4 Å². The van der Waals surface area contributed by atoms with Gasteiger partial charge in [0.1, 0.15) is 18.8 Å². The van der Waals surface area contributed by atoms with Crippen LogP contribution in [0.5, 0.6) is 17.6 Å². The lowest BCUT2D eigenvalue weighted by Crippen LogP contribution is -2.50. The van der Waals surface area contributed by atoms with Gasteiger partial charge < -0.3 is 28.7 Å². The number of amides is 1. The summed E-state index contributed by atoms with van der Waals surface area (Å²) in [4.78, 5) is 32.8. The van der Waals surface area contributed by atoms with Crippen LogP contribution in [0.2, 0.25) is 0 Å². The quantitative estimate of drug-likeness (QED) is 0.600. The number of ether oxygens (including phenoxy) is 4. The molecule has 0 saturated carbocycles. The third kappa shape index (κ3) is 6.30. The van der Waals surface area contributed by atoms with E-state index in [4.69, 9.17) is 18.9 Å². The highest BCUT2D eigenvalue weighted by molar-refractivity contribution is 5.68. The van der Waals surface area contributed by atoms with Crippen molar-refractivity contribution in [2.75, 3.05) is 51.4 Å². The fourth-order valence-corrected chi connectivity index (χ4v) is 2.89. The van der Waals surface area contributed by atoms with Gasteiger partial charge in [-0.25, -0.2) is 24.7 Å². The largest absolute Gasteiger partial charge is 0.477 e. The lowest BCUT2D eigenvalue weighted by Gasteiger charge is -2.36. The molecule has 0 radical (unpaired) electrons. The molecule has 0 aromatic carbocycles. The van der Waals surface area contributed by atoms with Crippen LogP contribution in [-0.2, 0) is 4.74 Å². The van der Waals surface area contributed by atoms with Gasteiger partial charge in [0.2, 0.25) is 0 Å². The summed E-state index contributed by atoms with van der Waals surface area (Å²) in [7, 11) is 1.50. The van der Waals surface area contributed by atoms with Crippen LogP contribution in [-0.4, -0.2) is 83.0 Å². The van der Waals surface area contributed by atoms with Crippen LogP contribution in [0.25, 0.3) is 0 Å². The van der Waals surface area contributed by atoms with E-state index in [1.54, 1.807) is 17.3 Å². The van der Waals surface area contributed by atoms with Gasteiger partial charge in [-0.1, -0.05) is 0 Å². The average Bonchev–Trinajstić information content (AvgIpc) is 2.76. The van der Waals surface area contributed by atoms with Crippen molar-refractivity contribution < 1.29 is 23.7 Å². The molecule has 2 aromatic heterocycles. The van der Waals surface area contributed by atoms with Gasteiger partial charge in [-0.2, -0.15) is 0 Å². The van der Waals surface area contributed by atoms with Crippen LogP contribution in [0.4, 0.5) is 10.6 Å². The predicted molar refractivity (Wildman–Crippen MR) is 112 cm³/mol. The molecule has 0 spiro atoms. The molecule has 2 aromatic rings. The van der Waals surface area contributed by atoms with Gasteiger partial charge in [0, 0.05) is 51.0 Å². The molecule has 1 amide bonds. The SMILES string of the molecule is COc1nccnc1OCCOc1nccnc1N1CCN(C(=O)OC(C)(C)C)CC1. The number of aromatic nitrogens is 4. The molecular formula is C20H28N6O5. The predicted octanol–water partition coefficient (Wildman–Crippen LogP) is 1.79. The molecular weight excluding hydrogens is 404 g/mol. The molecule has 0 unspecified atom stereocenters. The van der Waals surface area contributed by atoms with Crippen LogP contribution >= 0.6 is 0 Å². The van der Waals surface area contributed by atoms with Crippen molar-refractivity contribution in [1.82, 2.24) is 24.8 Å². The van der Waals surface area contributed by atoms with Crippen LogP contribution in [0, 0.1) is 0 Å². The smallest absolute Gasteiger partial charge is 0.410 e. The highest BCUT2D eigenvalue weighted by Crippen LogP contribution is 2.24. The lowest BCUT2D eigenvalue weighted by atomic mass is 10.2. The van der Waals surface area contributed by atoms with Crippen LogP contribution in [0.3, 0.4) is 0 Å². The Morgan fingerprint density at radius 2 is 1.42 bits per heavy atom. The van der Waals surface area contributed by atoms with E-state index in [1.165, 1.54) is 19.5 Å². The minimum atomic E-state index is -0.516. The summed E-state index contributed by atoms with van der Waals surface area (Å²) in [5.74, 6) is 1.64. The monoisotopic (exact) mass is 432 g/mol. The maximum absolute atomic E-state index is 12.3. The summed E-state index contributed by atoms with van der Waals surface area (Å²) in [6.07, 6.45) is 5.93. The molecule has 1 fully saturated rings. The average molecular weight is 432 g/mol. The zero-order chi connectivity index (χ0) is 22.3. The minimum absolute atomic E-state index is 0.234. The normalized spacial score (nSPS) is 14.2. The van der Waals surface area contributed by atoms with Gasteiger partial charge in [-0.05, 0) is 20.8 Å². The van der Waals surface area contributed by atoms with Crippen molar-refractivity contribution in [3.8, 4) is 17.6 Å². The van der Waals surface area contributed by atoms with Crippen molar-refractivity contribution >= 4 is 11.9 Å². The Morgan fingerprint density at radius 1 is 0.871 bits per heavy atom. The molecule has 31 heavy (non-hydrogen) atoms. The number of rotatable bonds is 7. The lowest BCUT2D eigenvalue weighted by molar-refractivity contribution is 0.0240. The molecule has 1 aliphatic rings. The van der Waals surface area contributed by atoms with E-state index in [0.717, 1.165) is 0 Å². The van der Waals surface area contributed by atoms with Crippen LogP contribution < -0.4 is 19.1 Å². The third-order valence-corrected chi connectivity index (χ3v) is 4.26. The molecule has 11 nitrogen and oxygen atoms in total. The maximum atomic E-state index is 12.3. The van der Waals surface area contributed by atoms with Gasteiger partial charge in [-0.3, -0.25) is 0 Å². The summed E-state index contributed by atoms with van der Waals surface area (Å²) in [6, 6.07) is 0. The number of nitrogens with zero attached hydrogens (tertiary/aromatic N) is 6. The minimum Gasteiger partial charge on any atom is -0.477 e. The van der Waals surface area contributed by atoms with Crippen LogP contribution in [0.1, 0.15) is 20.8 Å². The topological polar surface area (TPSA) is 112 Å². The Morgan fingerprint density at radius 3 is 2.03 bits per heavy atom. The van der Waals surface area contributed by atoms with E-state index in [-0.39, 0.29) is 19.3 Å². The van der Waals surface area contributed by atoms with E-state index in [2.05, 4.69) is 19.9 Å². The van der Waals surface area contributed by atoms with Crippen molar-refractivity contribution in [3.63, 3.8) is 0 Å². The van der Waals surface area contributed by atoms with Gasteiger partial charge >= 0.3 is 6.09 Å². The van der Waals surface area contributed by atoms with E-state index in [9.17, 15) is 4.79 Å². The Labute approximate surface area is 181 Å². The second-order valence-corrected chi connectivity index (χ2v) is 7.71. The number of methoxy groups -OCH3 is 1. The summed E-state index contributed by atoms with van der Waals surface area (Å²) >= 11 is 0. The van der Waals surface area contributed by atoms with Gasteiger partial charge in [-0.15, -0.1) is 0 Å². The number of piperazine rings is 1. The summed E-state index contributed by atoms with van der Waals surface area (Å²) in [5.41, 5.74) is -0.516. The molecule has 1 aliphatic heterocycles. The maximum Gasteiger partial charge on any atom is 0.410 e. The zero-order valence-corrected chi connectivity index (χ0v) is 18.3. The van der Waals surface area contributed by atoms with Gasteiger partial charge in [0.15, 0.2) is 5.82 Å².